The van der Waals surface area contributed by atoms with Crippen molar-refractivity contribution in [3.05, 3.63) is 200 Å². The summed E-state index contributed by atoms with van der Waals surface area (Å²) in [4.78, 5) is 15.2. The van der Waals surface area contributed by atoms with Crippen molar-refractivity contribution in [2.45, 2.75) is 56.0 Å². The number of alkyl halides is 24. The topological polar surface area (TPSA) is 78.9 Å². The molecule has 0 saturated carbocycles. The average Bonchev–Trinajstić information content (AvgIpc) is 3.56. The van der Waals surface area contributed by atoms with E-state index in [4.69, 9.17) is 10.3 Å². The quantitative estimate of drug-likeness (QED) is 0.0260. The number of fused-ring (bicyclic) bond motifs is 1. The molecule has 430 valence electrons. The summed E-state index contributed by atoms with van der Waals surface area (Å²) >= 11 is 0. The van der Waals surface area contributed by atoms with Crippen molar-refractivity contribution in [2.24, 2.45) is 5.11 Å². The Bertz CT molecular complexity index is 3060. The normalized spacial score (nSPS) is 13.1. The number of hydrogen-bond acceptors (Lipinski definition) is 3. The first-order valence-corrected chi connectivity index (χ1v) is 22.0. The zero-order valence-corrected chi connectivity index (χ0v) is 39.4. The van der Waals surface area contributed by atoms with Gasteiger partial charge in [0.1, 0.15) is 6.15 Å². The number of hydrogen-bond donors (Lipinski definition) is 0. The molecular weight excluding hydrogens is 1160 g/mol. The summed E-state index contributed by atoms with van der Waals surface area (Å²) in [6.45, 7) is 0.00445. The van der Waals surface area contributed by atoms with Gasteiger partial charge in [-0.15, -0.1) is 0 Å². The molecule has 0 radical (unpaired) electrons. The Hall–Kier alpha value is -8.11. The van der Waals surface area contributed by atoms with Crippen molar-refractivity contribution in [2.75, 3.05) is 6.73 Å². The molecular formula is C50H27BF24N4O2. The molecule has 81 heavy (non-hydrogen) atoms. The van der Waals surface area contributed by atoms with E-state index in [1.54, 1.807) is 22.9 Å². The lowest BCUT2D eigenvalue weighted by Gasteiger charge is -2.46. The molecule has 6 aromatic carbocycles. The van der Waals surface area contributed by atoms with Crippen LogP contribution in [0.25, 0.3) is 21.2 Å². The summed E-state index contributed by atoms with van der Waals surface area (Å²) in [5.74, 6) is 0.481. The average molecular weight is 1180 g/mol. The SMILES string of the molecule is FC(F)(F)c1cc([B-](c2cc(C(F)(F)F)cc(C(F)(F)F)c2)(c2cc(C(F)(F)F)cc(C(F)(F)F)c2)c2cc(C(F)(F)F)cc(C(F)(F)F)c2)cc(C(F)(F)F)c1.[N-]=[N+]=NCOc1c2ccccc2cc[n+]1CC(=O)c1ccccc1. The summed E-state index contributed by atoms with van der Waals surface area (Å²) in [5.41, 5.74) is -21.1. The summed E-state index contributed by atoms with van der Waals surface area (Å²) in [7, 11) is 0. The van der Waals surface area contributed by atoms with Gasteiger partial charge in [-0.05, 0) is 41.2 Å². The molecule has 1 heterocycles. The molecule has 0 bridgehead atoms. The van der Waals surface area contributed by atoms with Crippen LogP contribution in [0.15, 0.2) is 145 Å². The van der Waals surface area contributed by atoms with Crippen molar-refractivity contribution >= 4 is 44.6 Å². The van der Waals surface area contributed by atoms with Crippen LogP contribution in [0.2, 0.25) is 0 Å². The molecule has 0 spiro atoms. The zero-order chi connectivity index (χ0) is 60.7. The lowest BCUT2D eigenvalue weighted by atomic mass is 9.12. The first kappa shape index (κ1) is 62.1. The van der Waals surface area contributed by atoms with E-state index >= 15 is 0 Å². The fraction of sp³-hybridized carbons (Fsp3) is 0.200. The minimum Gasteiger partial charge on any atom is -0.438 e. The van der Waals surface area contributed by atoms with Crippen molar-refractivity contribution in [1.82, 2.24) is 0 Å². The zero-order valence-electron chi connectivity index (χ0n) is 39.4. The number of aromatic nitrogens is 1. The molecule has 6 nitrogen and oxygen atoms in total. The number of nitrogens with zero attached hydrogens (tertiary/aromatic N) is 4. The lowest BCUT2D eigenvalue weighted by molar-refractivity contribution is -0.687. The van der Waals surface area contributed by atoms with E-state index < -0.39 is 195 Å². The predicted octanol–water partition coefficient (Wildman–Crippen LogP) is 14.9. The molecule has 31 heteroatoms. The van der Waals surface area contributed by atoms with Crippen LogP contribution >= 0.6 is 0 Å². The van der Waals surface area contributed by atoms with Gasteiger partial charge in [-0.2, -0.15) is 132 Å². The van der Waals surface area contributed by atoms with Gasteiger partial charge in [0.25, 0.3) is 0 Å². The molecule has 7 rings (SSSR count). The van der Waals surface area contributed by atoms with Crippen molar-refractivity contribution in [3.8, 4) is 5.88 Å². The van der Waals surface area contributed by atoms with E-state index in [1.165, 1.54) is 0 Å². The van der Waals surface area contributed by atoms with E-state index in [0.717, 1.165) is 10.8 Å². The third-order valence-corrected chi connectivity index (χ3v) is 12.1. The third kappa shape index (κ3) is 14.3. The number of carbonyl (C=O) groups is 1. The second kappa shape index (κ2) is 22.1. The summed E-state index contributed by atoms with van der Waals surface area (Å²) in [6.07, 6.45) is -53.0. The minimum absolute atomic E-state index is 0.0236. The van der Waals surface area contributed by atoms with Crippen LogP contribution in [0.4, 0.5) is 105 Å². The van der Waals surface area contributed by atoms with E-state index in [1.807, 2.05) is 48.5 Å². The number of benzene rings is 6. The molecule has 0 fully saturated rings. The molecule has 0 atom stereocenters. The molecule has 0 aliphatic carbocycles. The largest absolute Gasteiger partial charge is 0.438 e. The smallest absolute Gasteiger partial charge is 0.416 e. The van der Waals surface area contributed by atoms with Gasteiger partial charge in [-0.1, -0.05) is 102 Å². The Morgan fingerprint density at radius 3 is 1.02 bits per heavy atom. The Morgan fingerprint density at radius 2 is 0.728 bits per heavy atom. The number of Topliss-reactive ketones (excluding diaryl/α,β-unsaturated/α-hetero) is 1. The maximum Gasteiger partial charge on any atom is 0.416 e. The van der Waals surface area contributed by atoms with Crippen LogP contribution in [0, 0.1) is 0 Å². The molecule has 0 unspecified atom stereocenters. The lowest BCUT2D eigenvalue weighted by Crippen LogP contribution is -2.75. The monoisotopic (exact) mass is 1180 g/mol. The maximum atomic E-state index is 14.2. The first-order chi connectivity index (χ1) is 37.1. The van der Waals surface area contributed by atoms with Gasteiger partial charge in [0.05, 0.1) is 49.9 Å². The second-order valence-electron chi connectivity index (χ2n) is 17.4. The summed E-state index contributed by atoms with van der Waals surface area (Å²) < 4.78 is 348. The molecule has 1 aromatic heterocycles. The summed E-state index contributed by atoms with van der Waals surface area (Å²) in [6, 6.07) is 9.90. The van der Waals surface area contributed by atoms with Gasteiger partial charge in [-0.25, -0.2) is 0 Å². The second-order valence-corrected chi connectivity index (χ2v) is 17.4. The van der Waals surface area contributed by atoms with Crippen molar-refractivity contribution < 1.29 is 119 Å². The highest BCUT2D eigenvalue weighted by molar-refractivity contribution is 7.20. The highest BCUT2D eigenvalue weighted by Crippen LogP contribution is 2.41. The van der Waals surface area contributed by atoms with Crippen LogP contribution in [-0.4, -0.2) is 18.7 Å². The Kier molecular flexibility index (Phi) is 16.9. The molecule has 0 amide bonds. The number of halogens is 24. The Morgan fingerprint density at radius 1 is 0.432 bits per heavy atom. The predicted molar refractivity (Wildman–Crippen MR) is 240 cm³/mol. The van der Waals surface area contributed by atoms with Crippen molar-refractivity contribution in [1.29, 1.82) is 0 Å². The standard InChI is InChI=1S/C32H12BF24.C18H15N4O2/c34-25(35,36)13-1-14(26(37,38)39)6-21(5-13)33(22-7-15(27(40,41)42)2-16(8-22)28(43,44)45,23-9-17(29(46,47)48)3-18(10-23)30(49,50)51)24-11-19(31(52,53)54)4-20(12-24)32(55,56)57;19-21-20-13-24-18-16-9-5-4-6-14(16)10-11-22(18)12-17(23)15-7-2-1-3-8-15/h1-12H;1-11H,12-13H2/q-1;+1. The number of carbonyl (C=O) groups excluding carboxylic acids is 1. The van der Waals surface area contributed by atoms with Crippen LogP contribution in [0.5, 0.6) is 5.88 Å². The van der Waals surface area contributed by atoms with Gasteiger partial charge in [-0.3, -0.25) is 4.79 Å². The molecule has 0 aliphatic rings. The highest BCUT2D eigenvalue weighted by Gasteiger charge is 2.47. The van der Waals surface area contributed by atoms with Gasteiger partial charge >= 0.3 is 55.3 Å². The molecule has 7 aromatic rings. The molecule has 0 saturated heterocycles. The minimum atomic E-state index is -6.13. The van der Waals surface area contributed by atoms with E-state index in [9.17, 15) is 110 Å². The van der Waals surface area contributed by atoms with Crippen LogP contribution in [0.3, 0.4) is 0 Å². The van der Waals surface area contributed by atoms with Crippen LogP contribution < -0.4 is 31.2 Å². The summed E-state index contributed by atoms with van der Waals surface area (Å²) in [5, 5.41) is 5.25. The maximum absolute atomic E-state index is 14.2. The fourth-order valence-electron chi connectivity index (χ4n) is 8.57. The number of ketones is 1. The number of ether oxygens (including phenoxy) is 1. The van der Waals surface area contributed by atoms with Crippen LogP contribution in [0.1, 0.15) is 54.9 Å². The van der Waals surface area contributed by atoms with Gasteiger partial charge < -0.3 is 4.74 Å². The van der Waals surface area contributed by atoms with E-state index in [-0.39, 0.29) is 19.1 Å². The van der Waals surface area contributed by atoms with E-state index in [2.05, 4.69) is 10.0 Å². The highest BCUT2D eigenvalue weighted by atomic mass is 19.4. The van der Waals surface area contributed by atoms with Gasteiger partial charge in [0, 0.05) is 16.5 Å². The molecule has 0 N–H and O–H groups in total. The Labute approximate surface area is 437 Å². The van der Waals surface area contributed by atoms with E-state index in [0.29, 0.717) is 11.4 Å². The number of rotatable bonds is 10. The number of azide groups is 1. The first-order valence-electron chi connectivity index (χ1n) is 22.0. The third-order valence-electron chi connectivity index (χ3n) is 12.1. The fourth-order valence-corrected chi connectivity index (χ4v) is 8.57. The Balaban J connectivity index is 0.000000363. The van der Waals surface area contributed by atoms with Crippen molar-refractivity contribution in [3.63, 3.8) is 0 Å². The van der Waals surface area contributed by atoms with Crippen LogP contribution in [-0.2, 0) is 56.0 Å². The van der Waals surface area contributed by atoms with Gasteiger partial charge in [0.15, 0.2) is 12.9 Å². The number of pyridine rings is 1. The van der Waals surface area contributed by atoms with Gasteiger partial charge in [0.2, 0.25) is 12.3 Å². The molecule has 0 aliphatic heterocycles.